The second kappa shape index (κ2) is 5.73. The third-order valence-electron chi connectivity index (χ3n) is 3.28. The number of ketones is 1. The first-order valence-electron chi connectivity index (χ1n) is 6.32. The van der Waals surface area contributed by atoms with E-state index in [1.165, 1.54) is 11.8 Å². The van der Waals surface area contributed by atoms with E-state index in [4.69, 9.17) is 9.84 Å². The van der Waals surface area contributed by atoms with Crippen LogP contribution in [-0.4, -0.2) is 41.1 Å². The van der Waals surface area contributed by atoms with Crippen molar-refractivity contribution in [3.63, 3.8) is 0 Å². The zero-order valence-corrected chi connectivity index (χ0v) is 10.8. The largest absolute Gasteiger partial charge is 0.490 e. The second-order valence-corrected chi connectivity index (χ2v) is 4.67. The number of ether oxygens (including phenoxy) is 1. The van der Waals surface area contributed by atoms with E-state index in [0.29, 0.717) is 31.5 Å². The fourth-order valence-corrected chi connectivity index (χ4v) is 2.13. The number of amides is 1. The zero-order valence-electron chi connectivity index (χ0n) is 10.8. The van der Waals surface area contributed by atoms with Crippen molar-refractivity contribution in [1.29, 1.82) is 0 Å². The summed E-state index contributed by atoms with van der Waals surface area (Å²) in [7, 11) is 0. The normalized spacial score (nSPS) is 16.2. The molecule has 0 unspecified atom stereocenters. The monoisotopic (exact) mass is 263 g/mol. The summed E-state index contributed by atoms with van der Waals surface area (Å²) in [5.41, 5.74) is 0.660. The smallest absolute Gasteiger partial charge is 0.407 e. The average Bonchev–Trinajstić information content (AvgIpc) is 2.40. The van der Waals surface area contributed by atoms with Crippen molar-refractivity contribution in [2.24, 2.45) is 0 Å². The van der Waals surface area contributed by atoms with E-state index >= 15 is 0 Å². The molecular weight excluding hydrogens is 246 g/mol. The predicted molar refractivity (Wildman–Crippen MR) is 69.7 cm³/mol. The van der Waals surface area contributed by atoms with Gasteiger partial charge in [0.1, 0.15) is 11.9 Å². The Morgan fingerprint density at radius 2 is 1.79 bits per heavy atom. The summed E-state index contributed by atoms with van der Waals surface area (Å²) >= 11 is 0. The molecule has 0 radical (unpaired) electrons. The van der Waals surface area contributed by atoms with E-state index in [-0.39, 0.29) is 11.9 Å². The van der Waals surface area contributed by atoms with Crippen LogP contribution in [0.1, 0.15) is 30.1 Å². The van der Waals surface area contributed by atoms with E-state index < -0.39 is 6.09 Å². The van der Waals surface area contributed by atoms with Gasteiger partial charge in [-0.2, -0.15) is 0 Å². The second-order valence-electron chi connectivity index (χ2n) is 4.67. The molecule has 1 aliphatic rings. The van der Waals surface area contributed by atoms with Gasteiger partial charge in [-0.25, -0.2) is 4.79 Å². The van der Waals surface area contributed by atoms with Gasteiger partial charge in [0.25, 0.3) is 0 Å². The molecule has 5 heteroatoms. The highest BCUT2D eigenvalue weighted by molar-refractivity contribution is 5.94. The number of hydrogen-bond donors (Lipinski definition) is 1. The van der Waals surface area contributed by atoms with Crippen LogP contribution < -0.4 is 4.74 Å². The molecule has 0 aliphatic carbocycles. The number of Topliss-reactive ketones (excluding diaryl/α,β-unsaturated/α-hetero) is 1. The number of rotatable bonds is 3. The summed E-state index contributed by atoms with van der Waals surface area (Å²) in [5.74, 6) is 0.750. The molecule has 0 bridgehead atoms. The Bertz CT molecular complexity index is 461. The van der Waals surface area contributed by atoms with Gasteiger partial charge < -0.3 is 14.7 Å². The van der Waals surface area contributed by atoms with Crippen molar-refractivity contribution < 1.29 is 19.4 Å². The van der Waals surface area contributed by atoms with Gasteiger partial charge in [-0.3, -0.25) is 4.79 Å². The highest BCUT2D eigenvalue weighted by Gasteiger charge is 2.23. The molecule has 0 saturated carbocycles. The lowest BCUT2D eigenvalue weighted by Crippen LogP contribution is -2.41. The molecule has 1 heterocycles. The van der Waals surface area contributed by atoms with Gasteiger partial charge in [0.05, 0.1) is 0 Å². The predicted octanol–water partition coefficient (Wildman–Crippen LogP) is 2.41. The summed E-state index contributed by atoms with van der Waals surface area (Å²) in [6.45, 7) is 2.54. The van der Waals surface area contributed by atoms with Gasteiger partial charge in [0.2, 0.25) is 0 Å². The molecule has 1 aliphatic heterocycles. The molecule has 1 aromatic carbocycles. The quantitative estimate of drug-likeness (QED) is 0.850. The molecule has 5 nitrogen and oxygen atoms in total. The summed E-state index contributed by atoms with van der Waals surface area (Å²) in [4.78, 5) is 23.3. The number of carbonyl (C=O) groups is 2. The summed E-state index contributed by atoms with van der Waals surface area (Å²) in [5, 5.41) is 8.85. The maximum absolute atomic E-state index is 11.1. The van der Waals surface area contributed by atoms with E-state index in [9.17, 15) is 9.59 Å². The minimum atomic E-state index is -0.871. The molecule has 0 atom stereocenters. The first-order valence-corrected chi connectivity index (χ1v) is 6.32. The highest BCUT2D eigenvalue weighted by Crippen LogP contribution is 2.19. The Kier molecular flexibility index (Phi) is 4.04. The summed E-state index contributed by atoms with van der Waals surface area (Å²) < 4.78 is 5.79. The Labute approximate surface area is 111 Å². The van der Waals surface area contributed by atoms with Crippen molar-refractivity contribution >= 4 is 11.9 Å². The van der Waals surface area contributed by atoms with E-state index in [0.717, 1.165) is 5.75 Å². The van der Waals surface area contributed by atoms with Gasteiger partial charge in [0.15, 0.2) is 5.78 Å². The third kappa shape index (κ3) is 3.47. The minimum absolute atomic E-state index is 0.0290. The molecule has 1 aromatic rings. The van der Waals surface area contributed by atoms with Crippen LogP contribution in [0.5, 0.6) is 5.75 Å². The minimum Gasteiger partial charge on any atom is -0.490 e. The topological polar surface area (TPSA) is 66.8 Å². The van der Waals surface area contributed by atoms with Crippen LogP contribution in [0.4, 0.5) is 4.79 Å². The van der Waals surface area contributed by atoms with Crippen molar-refractivity contribution in [2.45, 2.75) is 25.9 Å². The van der Waals surface area contributed by atoms with E-state index in [1.807, 2.05) is 0 Å². The standard InChI is InChI=1S/C14H17NO4/c1-10(16)11-2-4-12(5-3-11)19-13-6-8-15(9-7-13)14(17)18/h2-5,13H,6-9H2,1H3,(H,17,18). The molecule has 19 heavy (non-hydrogen) atoms. The molecule has 1 saturated heterocycles. The Morgan fingerprint density at radius 3 is 2.26 bits per heavy atom. The van der Waals surface area contributed by atoms with Gasteiger partial charge in [-0.1, -0.05) is 0 Å². The summed E-state index contributed by atoms with van der Waals surface area (Å²) in [6.07, 6.45) is 0.560. The lowest BCUT2D eigenvalue weighted by Gasteiger charge is -2.30. The van der Waals surface area contributed by atoms with Gasteiger partial charge in [-0.15, -0.1) is 0 Å². The molecule has 1 N–H and O–H groups in total. The fraction of sp³-hybridized carbons (Fsp3) is 0.429. The highest BCUT2D eigenvalue weighted by atomic mass is 16.5. The molecule has 1 amide bonds. The Balaban J connectivity index is 1.88. The Morgan fingerprint density at radius 1 is 1.21 bits per heavy atom. The lowest BCUT2D eigenvalue weighted by atomic mass is 10.1. The molecule has 2 rings (SSSR count). The van der Waals surface area contributed by atoms with Crippen LogP contribution in [0, 0.1) is 0 Å². The van der Waals surface area contributed by atoms with Crippen molar-refractivity contribution in [3.8, 4) is 5.75 Å². The van der Waals surface area contributed by atoms with Crippen LogP contribution >= 0.6 is 0 Å². The molecule has 102 valence electrons. The summed E-state index contributed by atoms with van der Waals surface area (Å²) in [6, 6.07) is 7.04. The molecule has 0 spiro atoms. The first kappa shape index (κ1) is 13.4. The van der Waals surface area contributed by atoms with Crippen molar-refractivity contribution in [2.75, 3.05) is 13.1 Å². The SMILES string of the molecule is CC(=O)c1ccc(OC2CCN(C(=O)O)CC2)cc1. The van der Waals surface area contributed by atoms with Crippen LogP contribution in [0.25, 0.3) is 0 Å². The van der Waals surface area contributed by atoms with Crippen LogP contribution in [0.15, 0.2) is 24.3 Å². The molecule has 0 aromatic heterocycles. The number of likely N-dealkylation sites (tertiary alicyclic amines) is 1. The van der Waals surface area contributed by atoms with Crippen LogP contribution in [-0.2, 0) is 0 Å². The van der Waals surface area contributed by atoms with E-state index in [1.54, 1.807) is 24.3 Å². The van der Waals surface area contributed by atoms with Crippen LogP contribution in [0.3, 0.4) is 0 Å². The van der Waals surface area contributed by atoms with Gasteiger partial charge in [-0.05, 0) is 31.2 Å². The first-order chi connectivity index (χ1) is 9.06. The Hall–Kier alpha value is -2.04. The fourth-order valence-electron chi connectivity index (χ4n) is 2.13. The molecular formula is C14H17NO4. The maximum Gasteiger partial charge on any atom is 0.407 e. The average molecular weight is 263 g/mol. The number of hydrogen-bond acceptors (Lipinski definition) is 3. The number of nitrogens with zero attached hydrogens (tertiary/aromatic N) is 1. The maximum atomic E-state index is 11.1. The molecule has 1 fully saturated rings. The van der Waals surface area contributed by atoms with E-state index in [2.05, 4.69) is 0 Å². The van der Waals surface area contributed by atoms with Crippen LogP contribution in [0.2, 0.25) is 0 Å². The lowest BCUT2D eigenvalue weighted by molar-refractivity contribution is 0.0895. The third-order valence-corrected chi connectivity index (χ3v) is 3.28. The number of carboxylic acid groups (broad SMARTS) is 1. The number of piperidine rings is 1. The zero-order chi connectivity index (χ0) is 13.8. The van der Waals surface area contributed by atoms with Crippen molar-refractivity contribution in [3.05, 3.63) is 29.8 Å². The van der Waals surface area contributed by atoms with Gasteiger partial charge in [0, 0.05) is 31.5 Å². The number of benzene rings is 1. The van der Waals surface area contributed by atoms with Gasteiger partial charge >= 0.3 is 6.09 Å². The van der Waals surface area contributed by atoms with Crippen molar-refractivity contribution in [1.82, 2.24) is 4.90 Å². The number of carbonyl (C=O) groups excluding carboxylic acids is 1.